The van der Waals surface area contributed by atoms with Gasteiger partial charge in [-0.3, -0.25) is 23.9 Å². The summed E-state index contributed by atoms with van der Waals surface area (Å²) in [4.78, 5) is 24.6. The Morgan fingerprint density at radius 1 is 0.676 bits per heavy atom. The molecule has 1 saturated heterocycles. The fraction of sp³-hybridized carbons (Fsp3) is 0.130. The van der Waals surface area contributed by atoms with Crippen molar-refractivity contribution in [1.29, 1.82) is 0 Å². The predicted octanol–water partition coefficient (Wildman–Crippen LogP) is 3.25. The number of hydrogen-bond acceptors (Lipinski definition) is 6. The van der Waals surface area contributed by atoms with Gasteiger partial charge >= 0.3 is 0 Å². The van der Waals surface area contributed by atoms with E-state index in [4.69, 9.17) is 0 Å². The van der Waals surface area contributed by atoms with Crippen LogP contribution in [-0.2, 0) is 29.6 Å². The van der Waals surface area contributed by atoms with Crippen LogP contribution in [0.1, 0.15) is 18.4 Å². The Morgan fingerprint density at radius 3 is 1.71 bits per heavy atom. The van der Waals surface area contributed by atoms with Crippen LogP contribution in [0, 0.1) is 6.92 Å². The molecule has 34 heavy (non-hydrogen) atoms. The molecule has 3 aromatic rings. The molecular formula is C23H21N3O6S2. The Hall–Kier alpha value is -3.70. The van der Waals surface area contributed by atoms with E-state index in [1.807, 2.05) is 13.0 Å². The fourth-order valence-electron chi connectivity index (χ4n) is 3.48. The van der Waals surface area contributed by atoms with Gasteiger partial charge in [-0.25, -0.2) is 16.8 Å². The lowest BCUT2D eigenvalue weighted by Crippen LogP contribution is -2.28. The topological polar surface area (TPSA) is 130 Å². The molecule has 2 amide bonds. The highest BCUT2D eigenvalue weighted by atomic mass is 32.2. The van der Waals surface area contributed by atoms with E-state index in [-0.39, 0.29) is 40.1 Å². The summed E-state index contributed by atoms with van der Waals surface area (Å²) in [5, 5.41) is 0. The lowest BCUT2D eigenvalue weighted by Gasteiger charge is -2.14. The van der Waals surface area contributed by atoms with Crippen molar-refractivity contribution >= 4 is 48.9 Å². The first-order valence-corrected chi connectivity index (χ1v) is 13.2. The van der Waals surface area contributed by atoms with Crippen LogP contribution in [0.4, 0.5) is 17.1 Å². The largest absolute Gasteiger partial charge is 0.280 e. The van der Waals surface area contributed by atoms with E-state index in [2.05, 4.69) is 9.44 Å². The third kappa shape index (κ3) is 4.95. The van der Waals surface area contributed by atoms with Crippen LogP contribution in [-0.4, -0.2) is 28.6 Å². The molecule has 1 heterocycles. The van der Waals surface area contributed by atoms with Crippen molar-refractivity contribution < 1.29 is 26.4 Å². The number of amides is 2. The van der Waals surface area contributed by atoms with Gasteiger partial charge in [0.15, 0.2) is 0 Å². The minimum atomic E-state index is -3.99. The van der Waals surface area contributed by atoms with E-state index in [1.165, 1.54) is 48.5 Å². The molecular weight excluding hydrogens is 478 g/mol. The van der Waals surface area contributed by atoms with E-state index >= 15 is 0 Å². The van der Waals surface area contributed by atoms with Crippen molar-refractivity contribution in [3.05, 3.63) is 78.4 Å². The van der Waals surface area contributed by atoms with E-state index in [0.717, 1.165) is 10.5 Å². The molecule has 1 aliphatic rings. The number of sulfonamides is 2. The van der Waals surface area contributed by atoms with Crippen LogP contribution >= 0.6 is 0 Å². The first kappa shape index (κ1) is 23.5. The highest BCUT2D eigenvalue weighted by Gasteiger charge is 2.30. The molecule has 0 spiro atoms. The number of benzene rings is 3. The number of imide groups is 1. The number of nitrogens with one attached hydrogen (secondary N) is 2. The predicted molar refractivity (Wildman–Crippen MR) is 127 cm³/mol. The van der Waals surface area contributed by atoms with Gasteiger partial charge in [0.25, 0.3) is 20.0 Å². The van der Waals surface area contributed by atoms with Gasteiger partial charge in [0, 0.05) is 24.2 Å². The smallest absolute Gasteiger partial charge is 0.261 e. The van der Waals surface area contributed by atoms with Crippen LogP contribution in [0.3, 0.4) is 0 Å². The molecule has 1 fully saturated rings. The van der Waals surface area contributed by atoms with Gasteiger partial charge in [0.05, 0.1) is 15.5 Å². The Bertz CT molecular complexity index is 1450. The number of nitrogens with zero attached hydrogens (tertiary/aromatic N) is 1. The average Bonchev–Trinajstić information content (AvgIpc) is 3.11. The van der Waals surface area contributed by atoms with Crippen LogP contribution in [0.15, 0.2) is 82.6 Å². The lowest BCUT2D eigenvalue weighted by molar-refractivity contribution is -0.121. The molecule has 1 aliphatic heterocycles. The molecule has 176 valence electrons. The van der Waals surface area contributed by atoms with E-state index in [1.54, 1.807) is 18.2 Å². The Morgan fingerprint density at radius 2 is 1.18 bits per heavy atom. The average molecular weight is 500 g/mol. The molecule has 0 bridgehead atoms. The maximum atomic E-state index is 12.7. The monoisotopic (exact) mass is 499 g/mol. The molecule has 9 nitrogen and oxygen atoms in total. The summed E-state index contributed by atoms with van der Waals surface area (Å²) >= 11 is 0. The number of anilines is 3. The van der Waals surface area contributed by atoms with Crippen molar-refractivity contribution in [1.82, 2.24) is 0 Å². The molecule has 0 unspecified atom stereocenters. The van der Waals surface area contributed by atoms with E-state index in [0.29, 0.717) is 11.4 Å². The molecule has 3 aromatic carbocycles. The van der Waals surface area contributed by atoms with Gasteiger partial charge in [0.2, 0.25) is 11.8 Å². The highest BCUT2D eigenvalue weighted by molar-refractivity contribution is 7.93. The number of hydrogen-bond donors (Lipinski definition) is 2. The normalized spacial score (nSPS) is 14.3. The summed E-state index contributed by atoms with van der Waals surface area (Å²) in [6.45, 7) is 1.84. The van der Waals surface area contributed by atoms with Gasteiger partial charge in [-0.15, -0.1) is 0 Å². The summed E-state index contributed by atoms with van der Waals surface area (Å²) in [5.41, 5.74) is 1.80. The molecule has 11 heteroatoms. The van der Waals surface area contributed by atoms with Gasteiger partial charge in [-0.1, -0.05) is 12.1 Å². The zero-order chi connectivity index (χ0) is 24.5. The lowest BCUT2D eigenvalue weighted by atomic mass is 10.2. The van der Waals surface area contributed by atoms with Gasteiger partial charge in [0.1, 0.15) is 0 Å². The molecule has 0 aliphatic carbocycles. The fourth-order valence-corrected chi connectivity index (χ4v) is 5.59. The van der Waals surface area contributed by atoms with Crippen molar-refractivity contribution in [2.45, 2.75) is 29.6 Å². The summed E-state index contributed by atoms with van der Waals surface area (Å²) < 4.78 is 55.6. The molecule has 2 N–H and O–H groups in total. The van der Waals surface area contributed by atoms with Crippen molar-refractivity contribution in [3.8, 4) is 0 Å². The second-order valence-electron chi connectivity index (χ2n) is 7.72. The summed E-state index contributed by atoms with van der Waals surface area (Å²) in [7, 11) is -7.84. The van der Waals surface area contributed by atoms with Gasteiger partial charge in [-0.2, -0.15) is 0 Å². The minimum Gasteiger partial charge on any atom is -0.280 e. The number of aryl methyl sites for hydroxylation is 1. The maximum absolute atomic E-state index is 12.7. The number of carbonyl (C=O) groups is 2. The summed E-state index contributed by atoms with van der Waals surface area (Å²) in [5.74, 6) is -0.656. The molecule has 0 saturated carbocycles. The molecule has 0 atom stereocenters. The van der Waals surface area contributed by atoms with Crippen molar-refractivity contribution in [2.24, 2.45) is 0 Å². The SMILES string of the molecule is Cc1cccc(NS(=O)(=O)c2ccc(NS(=O)(=O)c3ccc(N4C(=O)CCC4=O)cc3)cc2)c1. The van der Waals surface area contributed by atoms with Crippen molar-refractivity contribution in [2.75, 3.05) is 14.3 Å². The second kappa shape index (κ2) is 8.92. The zero-order valence-electron chi connectivity index (χ0n) is 18.1. The molecule has 0 radical (unpaired) electrons. The van der Waals surface area contributed by atoms with Crippen LogP contribution in [0.25, 0.3) is 0 Å². The number of rotatable bonds is 7. The van der Waals surface area contributed by atoms with Gasteiger partial charge < -0.3 is 0 Å². The standard InChI is InChI=1S/C23H21N3O6S2/c1-16-3-2-4-18(15-16)25-34(31,32)20-9-5-17(6-10-20)24-33(29,30)21-11-7-19(8-12-21)26-22(27)13-14-23(26)28/h2-12,15,24-25H,13-14H2,1H3. The number of carbonyl (C=O) groups excluding carboxylic acids is 2. The Kier molecular flexibility index (Phi) is 6.15. The van der Waals surface area contributed by atoms with Crippen LogP contribution in [0.2, 0.25) is 0 Å². The first-order valence-electron chi connectivity index (χ1n) is 10.2. The molecule has 0 aromatic heterocycles. The zero-order valence-corrected chi connectivity index (χ0v) is 19.7. The second-order valence-corrected chi connectivity index (χ2v) is 11.1. The molecule has 4 rings (SSSR count). The quantitative estimate of drug-likeness (QED) is 0.480. The minimum absolute atomic E-state index is 0.0266. The summed E-state index contributed by atoms with van der Waals surface area (Å²) in [6.07, 6.45) is 0.263. The van der Waals surface area contributed by atoms with Crippen LogP contribution < -0.4 is 14.3 Å². The maximum Gasteiger partial charge on any atom is 0.261 e. The van der Waals surface area contributed by atoms with E-state index < -0.39 is 20.0 Å². The third-order valence-electron chi connectivity index (χ3n) is 5.14. The highest BCUT2D eigenvalue weighted by Crippen LogP contribution is 2.25. The summed E-state index contributed by atoms with van der Waals surface area (Å²) in [6, 6.07) is 17.6. The Labute approximate surface area is 197 Å². The van der Waals surface area contributed by atoms with Gasteiger partial charge in [-0.05, 0) is 73.2 Å². The van der Waals surface area contributed by atoms with Crippen molar-refractivity contribution in [3.63, 3.8) is 0 Å². The van der Waals surface area contributed by atoms with Crippen LogP contribution in [0.5, 0.6) is 0 Å². The third-order valence-corrected chi connectivity index (χ3v) is 7.94. The Balaban J connectivity index is 1.48. The van der Waals surface area contributed by atoms with E-state index in [9.17, 15) is 26.4 Å². The first-order chi connectivity index (χ1) is 16.0.